The number of alkyl halides is 1. The first-order chi connectivity index (χ1) is 11.4. The van der Waals surface area contributed by atoms with E-state index in [9.17, 15) is 17.6 Å². The van der Waals surface area contributed by atoms with Crippen LogP contribution >= 0.6 is 11.6 Å². The molecule has 1 aromatic rings. The number of hydrogen-bond acceptors (Lipinski definition) is 4. The summed E-state index contributed by atoms with van der Waals surface area (Å²) in [5, 5.41) is 9.17. The average Bonchev–Trinajstić information content (AvgIpc) is 2.88. The number of benzene rings is 1. The molecule has 25 heavy (non-hydrogen) atoms. The molecule has 0 saturated carbocycles. The summed E-state index contributed by atoms with van der Waals surface area (Å²) in [4.78, 5) is 13.7. The van der Waals surface area contributed by atoms with E-state index in [0.29, 0.717) is 0 Å². The lowest BCUT2D eigenvalue weighted by Crippen LogP contribution is -2.40. The number of aliphatic hydroxyl groups is 1. The third-order valence-corrected chi connectivity index (χ3v) is 5.88. The fourth-order valence-corrected chi connectivity index (χ4v) is 4.25. The van der Waals surface area contributed by atoms with E-state index < -0.39 is 33.7 Å². The van der Waals surface area contributed by atoms with E-state index in [1.54, 1.807) is 20.8 Å². The van der Waals surface area contributed by atoms with Crippen LogP contribution in [-0.4, -0.2) is 55.2 Å². The van der Waals surface area contributed by atoms with Gasteiger partial charge in [0.1, 0.15) is 0 Å². The number of hydrogen-bond donors (Lipinski definition) is 2. The van der Waals surface area contributed by atoms with Crippen LogP contribution in [-0.2, 0) is 10.0 Å². The van der Waals surface area contributed by atoms with Gasteiger partial charge in [0, 0.05) is 18.5 Å². The minimum absolute atomic E-state index is 0.0133. The van der Waals surface area contributed by atoms with Gasteiger partial charge in [-0.25, -0.2) is 17.5 Å². The van der Waals surface area contributed by atoms with Crippen LogP contribution in [0.15, 0.2) is 23.1 Å². The summed E-state index contributed by atoms with van der Waals surface area (Å²) in [6.45, 7) is 4.30. The molecular weight excluding hydrogens is 371 g/mol. The Labute approximate surface area is 152 Å². The number of rotatable bonds is 4. The summed E-state index contributed by atoms with van der Waals surface area (Å²) in [6, 6.07) is 3.83. The molecule has 0 aromatic heterocycles. The Morgan fingerprint density at radius 2 is 2.08 bits per heavy atom. The van der Waals surface area contributed by atoms with Crippen LogP contribution in [0.5, 0.6) is 0 Å². The zero-order valence-electron chi connectivity index (χ0n) is 14.3. The first-order valence-electron chi connectivity index (χ1n) is 7.79. The second-order valence-corrected chi connectivity index (χ2v) is 9.37. The number of likely N-dealkylation sites (tertiary alicyclic amines) is 1. The van der Waals surface area contributed by atoms with Gasteiger partial charge in [-0.1, -0.05) is 11.6 Å². The van der Waals surface area contributed by atoms with Crippen molar-refractivity contribution in [2.24, 2.45) is 0 Å². The van der Waals surface area contributed by atoms with Crippen LogP contribution in [0.25, 0.3) is 0 Å². The number of nitrogens with zero attached hydrogens (tertiary/aromatic N) is 1. The molecule has 1 heterocycles. The van der Waals surface area contributed by atoms with E-state index in [4.69, 9.17) is 16.7 Å². The quantitative estimate of drug-likeness (QED) is 0.820. The molecule has 0 aliphatic carbocycles. The maximum atomic E-state index is 14.1. The molecule has 0 bridgehead atoms. The van der Waals surface area contributed by atoms with Crippen LogP contribution in [0.3, 0.4) is 0 Å². The van der Waals surface area contributed by atoms with Gasteiger partial charge in [-0.3, -0.25) is 4.79 Å². The fourth-order valence-electron chi connectivity index (χ4n) is 2.61. The van der Waals surface area contributed by atoms with Gasteiger partial charge < -0.3 is 10.0 Å². The summed E-state index contributed by atoms with van der Waals surface area (Å²) in [6.07, 6.45) is 0.0242. The highest BCUT2D eigenvalue weighted by Gasteiger charge is 2.40. The molecule has 6 nitrogen and oxygen atoms in total. The number of amides is 1. The van der Waals surface area contributed by atoms with Crippen LogP contribution in [0, 0.1) is 0 Å². The number of halogens is 2. The van der Waals surface area contributed by atoms with Crippen LogP contribution in [0.4, 0.5) is 4.39 Å². The Bertz CT molecular complexity index is 779. The summed E-state index contributed by atoms with van der Waals surface area (Å²) < 4.78 is 41.5. The first-order valence-corrected chi connectivity index (χ1v) is 9.66. The fraction of sp³-hybridized carbons (Fsp3) is 0.562. The molecule has 2 N–H and O–H groups in total. The number of carbonyl (C=O) groups excluding carboxylic acids is 1. The summed E-state index contributed by atoms with van der Waals surface area (Å²) >= 11 is 6.05. The molecule has 1 saturated heterocycles. The van der Waals surface area contributed by atoms with Gasteiger partial charge in [-0.2, -0.15) is 0 Å². The van der Waals surface area contributed by atoms with Gasteiger partial charge in [-0.15, -0.1) is 0 Å². The van der Waals surface area contributed by atoms with Crippen LogP contribution in [0.2, 0.25) is 5.02 Å². The summed E-state index contributed by atoms with van der Waals surface area (Å²) in [5.41, 5.74) is -2.53. The second-order valence-electron chi connectivity index (χ2n) is 7.28. The van der Waals surface area contributed by atoms with E-state index >= 15 is 0 Å². The maximum absolute atomic E-state index is 14.1. The molecule has 1 amide bonds. The molecule has 1 aromatic carbocycles. The maximum Gasteiger partial charge on any atom is 0.255 e. The Morgan fingerprint density at radius 3 is 2.60 bits per heavy atom. The molecule has 0 spiro atoms. The van der Waals surface area contributed by atoms with Gasteiger partial charge in [-0.05, 0) is 39.0 Å². The average molecular weight is 393 g/mol. The predicted molar refractivity (Wildman–Crippen MR) is 93.0 cm³/mol. The largest absolute Gasteiger partial charge is 0.393 e. The highest BCUT2D eigenvalue weighted by Crippen LogP contribution is 2.29. The van der Waals surface area contributed by atoms with Crippen molar-refractivity contribution in [3.8, 4) is 0 Å². The Kier molecular flexibility index (Phi) is 5.49. The van der Waals surface area contributed by atoms with Crippen LogP contribution < -0.4 is 4.72 Å². The van der Waals surface area contributed by atoms with Crippen molar-refractivity contribution < 1.29 is 22.7 Å². The number of carbonyl (C=O) groups is 1. The molecule has 1 atom stereocenters. The molecule has 2 rings (SSSR count). The van der Waals surface area contributed by atoms with Crippen molar-refractivity contribution in [1.82, 2.24) is 9.62 Å². The van der Waals surface area contributed by atoms with Gasteiger partial charge in [0.2, 0.25) is 10.0 Å². The SMILES string of the molecule is CC(C)(C)NS(=O)(=O)c1ccc(Cl)c(C(=O)N2CCC(F)(CO)C2)c1. The monoisotopic (exact) mass is 392 g/mol. The van der Waals surface area contributed by atoms with Crippen molar-refractivity contribution in [2.45, 2.75) is 43.3 Å². The van der Waals surface area contributed by atoms with E-state index in [1.807, 2.05) is 0 Å². The zero-order valence-corrected chi connectivity index (χ0v) is 15.9. The Balaban J connectivity index is 2.32. The van der Waals surface area contributed by atoms with E-state index in [2.05, 4.69) is 4.72 Å². The summed E-state index contributed by atoms with van der Waals surface area (Å²) in [5.74, 6) is -0.564. The lowest BCUT2D eigenvalue weighted by molar-refractivity contribution is 0.0631. The normalized spacial score (nSPS) is 21.6. The Morgan fingerprint density at radius 1 is 1.44 bits per heavy atom. The van der Waals surface area contributed by atoms with Crippen molar-refractivity contribution in [3.05, 3.63) is 28.8 Å². The molecule has 1 fully saturated rings. The lowest BCUT2D eigenvalue weighted by atomic mass is 10.1. The lowest BCUT2D eigenvalue weighted by Gasteiger charge is -2.22. The Hall–Kier alpha value is -1.22. The first kappa shape index (κ1) is 20.1. The van der Waals surface area contributed by atoms with E-state index in [0.717, 1.165) is 0 Å². The smallest absolute Gasteiger partial charge is 0.255 e. The third-order valence-electron chi connectivity index (χ3n) is 3.79. The van der Waals surface area contributed by atoms with Crippen molar-refractivity contribution in [1.29, 1.82) is 0 Å². The topological polar surface area (TPSA) is 86.7 Å². The van der Waals surface area contributed by atoms with Gasteiger partial charge in [0.15, 0.2) is 5.67 Å². The minimum Gasteiger partial charge on any atom is -0.393 e. The molecule has 1 aliphatic heterocycles. The standard InChI is InChI=1S/C16H22ClFN2O4S/c1-15(2,3)19-25(23,24)11-4-5-13(17)12(8-11)14(22)20-7-6-16(18,9-20)10-21/h4-5,8,19,21H,6-7,9-10H2,1-3H3. The zero-order chi connectivity index (χ0) is 19.0. The summed E-state index contributed by atoms with van der Waals surface area (Å²) in [7, 11) is -3.84. The number of aliphatic hydroxyl groups excluding tert-OH is 1. The minimum atomic E-state index is -3.84. The molecule has 1 unspecified atom stereocenters. The number of nitrogens with one attached hydrogen (secondary N) is 1. The van der Waals surface area contributed by atoms with Crippen molar-refractivity contribution >= 4 is 27.5 Å². The van der Waals surface area contributed by atoms with E-state index in [1.165, 1.54) is 23.1 Å². The molecule has 9 heteroatoms. The highest BCUT2D eigenvalue weighted by atomic mass is 35.5. The van der Waals surface area contributed by atoms with Gasteiger partial charge >= 0.3 is 0 Å². The molecule has 1 aliphatic rings. The van der Waals surface area contributed by atoms with Gasteiger partial charge in [0.25, 0.3) is 5.91 Å². The predicted octanol–water partition coefficient (Wildman–Crippen LogP) is 1.96. The third kappa shape index (κ3) is 4.69. The molecule has 0 radical (unpaired) electrons. The molecular formula is C16H22ClFN2O4S. The van der Waals surface area contributed by atoms with Crippen molar-refractivity contribution in [3.63, 3.8) is 0 Å². The van der Waals surface area contributed by atoms with Crippen molar-refractivity contribution in [2.75, 3.05) is 19.7 Å². The molecule has 140 valence electrons. The van der Waals surface area contributed by atoms with Crippen LogP contribution in [0.1, 0.15) is 37.6 Å². The van der Waals surface area contributed by atoms with Gasteiger partial charge in [0.05, 0.1) is 28.6 Å². The highest BCUT2D eigenvalue weighted by molar-refractivity contribution is 7.89. The number of sulfonamides is 1. The second kappa shape index (κ2) is 6.83. The van der Waals surface area contributed by atoms with E-state index in [-0.39, 0.29) is 35.0 Å².